The van der Waals surface area contributed by atoms with Crippen LogP contribution in [0.3, 0.4) is 0 Å². The van der Waals surface area contributed by atoms with E-state index in [-0.39, 0.29) is 60.2 Å². The fraction of sp³-hybridized carbons (Fsp3) is 0.593. The highest BCUT2D eigenvalue weighted by Gasteiger charge is 2.50. The van der Waals surface area contributed by atoms with Gasteiger partial charge in [0.2, 0.25) is 11.8 Å². The summed E-state index contributed by atoms with van der Waals surface area (Å²) in [5.41, 5.74) is 4.21. The van der Waals surface area contributed by atoms with Crippen molar-refractivity contribution < 1.29 is 90.4 Å². The number of phosphoric ester groups is 3. The van der Waals surface area contributed by atoms with Crippen molar-refractivity contribution in [1.82, 2.24) is 30.2 Å². The molecule has 3 heterocycles. The molecule has 0 radical (unpaired) electrons. The molecule has 2 aromatic heterocycles. The molecule has 2 amide bonds. The minimum absolute atomic E-state index is 0.0203. The molecular weight excluding hydrogens is 851 g/mol. The first-order valence-electron chi connectivity index (χ1n) is 16.3. The fourth-order valence-electron chi connectivity index (χ4n) is 4.72. The topological polar surface area (TPSA) is 401 Å². The number of carbonyl (C=O) groups excluding carboxylic acids is 3. The maximum absolute atomic E-state index is 12.7. The van der Waals surface area contributed by atoms with E-state index in [1.165, 1.54) is 26.0 Å². The lowest BCUT2D eigenvalue weighted by molar-refractivity contribution is -0.137. The lowest BCUT2D eigenvalue weighted by Gasteiger charge is -2.30. The molecule has 2 aromatic rings. The van der Waals surface area contributed by atoms with E-state index in [0.717, 1.165) is 29.0 Å². The Labute approximate surface area is 327 Å². The Kier molecular flexibility index (Phi) is 17.4. The van der Waals surface area contributed by atoms with Crippen molar-refractivity contribution in [3.8, 4) is 0 Å². The van der Waals surface area contributed by atoms with Gasteiger partial charge in [0.25, 0.3) is 0 Å². The van der Waals surface area contributed by atoms with Gasteiger partial charge in [-0.2, -0.15) is 4.31 Å². The van der Waals surface area contributed by atoms with Crippen LogP contribution in [0.15, 0.2) is 24.8 Å². The molecule has 1 fully saturated rings. The number of imidazole rings is 1. The quantitative estimate of drug-likeness (QED) is 0.0366. The van der Waals surface area contributed by atoms with Gasteiger partial charge in [-0.25, -0.2) is 28.6 Å². The summed E-state index contributed by atoms with van der Waals surface area (Å²) in [6.45, 7) is 0.271. The number of anilines is 1. The molecule has 1 saturated heterocycles. The highest BCUT2D eigenvalue weighted by atomic mass is 32.2. The van der Waals surface area contributed by atoms with Crippen molar-refractivity contribution >= 4 is 75.1 Å². The van der Waals surface area contributed by atoms with Gasteiger partial charge in [-0.15, -0.1) is 0 Å². The Morgan fingerprint density at radius 1 is 1.04 bits per heavy atom. The van der Waals surface area contributed by atoms with Gasteiger partial charge in [-0.1, -0.05) is 37.8 Å². The molecule has 0 aliphatic carbocycles. The first-order valence-corrected chi connectivity index (χ1v) is 21.8. The predicted molar refractivity (Wildman–Crippen MR) is 193 cm³/mol. The van der Waals surface area contributed by atoms with E-state index in [0.29, 0.717) is 0 Å². The van der Waals surface area contributed by atoms with Gasteiger partial charge in [0.1, 0.15) is 36.3 Å². The summed E-state index contributed by atoms with van der Waals surface area (Å²) >= 11 is 0.930. The number of carbonyl (C=O) groups is 4. The molecule has 0 aromatic carbocycles. The smallest absolute Gasteiger partial charge is 0.481 e. The molecule has 1 aliphatic heterocycles. The maximum atomic E-state index is 12.7. The Bertz CT molecular complexity index is 1930. The normalized spacial score (nSPS) is 21.5. The van der Waals surface area contributed by atoms with Crippen LogP contribution in [0.5, 0.6) is 0 Å². The zero-order valence-electron chi connectivity index (χ0n) is 30.0. The van der Waals surface area contributed by atoms with Crippen LogP contribution in [0, 0.1) is 5.41 Å². The predicted octanol–water partition coefficient (Wildman–Crippen LogP) is -0.914. The van der Waals surface area contributed by atoms with Crippen molar-refractivity contribution in [3.63, 3.8) is 0 Å². The highest BCUT2D eigenvalue weighted by Crippen LogP contribution is 2.61. The van der Waals surface area contributed by atoms with Gasteiger partial charge in [-0.3, -0.25) is 37.3 Å². The SMILES string of the molecule is CC(C)(COP(=O)(O)OP(=O)(O)OCC1OC(n2cnc3c(N)ncnc32)C(O)C1OP(=O)(O)O)C(O)C(=O)NCCC(=O)NCCSC(=O)C/C=C/CC(=O)O. The number of rotatable bonds is 23. The molecule has 26 nitrogen and oxygen atoms in total. The molecule has 0 bridgehead atoms. The molecule has 0 spiro atoms. The van der Waals surface area contributed by atoms with E-state index in [9.17, 15) is 62.7 Å². The van der Waals surface area contributed by atoms with Gasteiger partial charge < -0.3 is 56.0 Å². The van der Waals surface area contributed by atoms with Crippen LogP contribution < -0.4 is 16.4 Å². The number of nitrogens with one attached hydrogen (secondary N) is 2. The standard InChI is InChI=1S/C27H42N7O19P3S/c1-27(2,22(40)25(41)30-8-7-16(35)29-9-10-57-18(38)6-4-3-5-17(36)37)12-50-56(47,48)53-55(45,46)49-11-15-21(52-54(42,43)44)20(39)26(51-15)34-14-33-19-23(28)31-13-32-24(19)34/h3-4,13-15,20-22,26,39-40H,5-12H2,1-2H3,(H,29,35)(H,30,41)(H,36,37)(H,45,46)(H,47,48)(H2,28,31,32)(H2,42,43,44)/b4-3+. The van der Waals surface area contributed by atoms with Gasteiger partial charge in [-0.05, 0) is 0 Å². The molecule has 30 heteroatoms. The summed E-state index contributed by atoms with van der Waals surface area (Å²) in [5.74, 6) is -2.35. The molecule has 11 N–H and O–H groups in total. The van der Waals surface area contributed by atoms with Crippen molar-refractivity contribution in [3.05, 3.63) is 24.8 Å². The number of hydrogen-bond acceptors (Lipinski definition) is 19. The van der Waals surface area contributed by atoms with E-state index >= 15 is 0 Å². The number of hydrogen-bond donors (Lipinski definition) is 10. The minimum Gasteiger partial charge on any atom is -0.481 e. The van der Waals surface area contributed by atoms with Crippen LogP contribution in [0.2, 0.25) is 0 Å². The molecule has 7 atom stereocenters. The van der Waals surface area contributed by atoms with Crippen LogP contribution in [-0.2, 0) is 55.5 Å². The number of thioether (sulfide) groups is 1. The van der Waals surface area contributed by atoms with E-state index in [1.807, 2.05) is 0 Å². The molecule has 1 aliphatic rings. The summed E-state index contributed by atoms with van der Waals surface area (Å²) in [4.78, 5) is 97.7. The highest BCUT2D eigenvalue weighted by molar-refractivity contribution is 8.13. The van der Waals surface area contributed by atoms with E-state index in [2.05, 4.69) is 34.4 Å². The maximum Gasteiger partial charge on any atom is 0.481 e. The molecule has 320 valence electrons. The minimum atomic E-state index is -5.59. The Balaban J connectivity index is 1.46. The number of allylic oxidation sites excluding steroid dienone is 1. The lowest BCUT2D eigenvalue weighted by Crippen LogP contribution is -2.46. The zero-order valence-corrected chi connectivity index (χ0v) is 33.5. The van der Waals surface area contributed by atoms with E-state index in [1.54, 1.807) is 0 Å². The second-order valence-electron chi connectivity index (χ2n) is 12.6. The Morgan fingerprint density at radius 3 is 2.37 bits per heavy atom. The number of aliphatic hydroxyl groups excluding tert-OH is 2. The summed E-state index contributed by atoms with van der Waals surface area (Å²) in [7, 11) is -16.4. The second-order valence-corrected chi connectivity index (χ2v) is 18.0. The Morgan fingerprint density at radius 2 is 1.70 bits per heavy atom. The molecule has 7 unspecified atom stereocenters. The van der Waals surface area contributed by atoms with Crippen LogP contribution in [-0.4, -0.2) is 134 Å². The average Bonchev–Trinajstić information content (AvgIpc) is 3.66. The van der Waals surface area contributed by atoms with Crippen LogP contribution in [0.4, 0.5) is 5.82 Å². The van der Waals surface area contributed by atoms with Gasteiger partial charge in [0, 0.05) is 37.1 Å². The van der Waals surface area contributed by atoms with E-state index < -0.39 is 90.5 Å². The summed E-state index contributed by atoms with van der Waals surface area (Å²) in [6, 6.07) is 0. The third-order valence-corrected chi connectivity index (χ3v) is 11.5. The van der Waals surface area contributed by atoms with Crippen molar-refractivity contribution in [1.29, 1.82) is 0 Å². The summed E-state index contributed by atoms with van der Waals surface area (Å²) in [5, 5.41) is 34.6. The Hall–Kier alpha value is -3.23. The molecule has 3 rings (SSSR count). The number of nitrogens with zero attached hydrogens (tertiary/aromatic N) is 4. The van der Waals surface area contributed by atoms with Crippen LogP contribution >= 0.6 is 35.2 Å². The van der Waals surface area contributed by atoms with Crippen LogP contribution in [0.1, 0.15) is 39.3 Å². The first-order chi connectivity index (χ1) is 26.4. The van der Waals surface area contributed by atoms with Gasteiger partial charge >= 0.3 is 29.4 Å². The average molecular weight is 894 g/mol. The number of carboxylic acids is 1. The van der Waals surface area contributed by atoms with Crippen LogP contribution in [0.25, 0.3) is 11.2 Å². The number of nitrogens with two attached hydrogens (primary N) is 1. The van der Waals surface area contributed by atoms with E-state index in [4.69, 9.17) is 24.6 Å². The first kappa shape index (κ1) is 48.1. The second kappa shape index (κ2) is 20.6. The number of phosphoric acid groups is 3. The number of amides is 2. The van der Waals surface area contributed by atoms with Crippen molar-refractivity contribution in [2.45, 2.75) is 63.8 Å². The number of aliphatic carboxylic acids is 1. The van der Waals surface area contributed by atoms with Crippen molar-refractivity contribution in [2.24, 2.45) is 5.41 Å². The largest absolute Gasteiger partial charge is 0.481 e. The number of ether oxygens (including phenoxy) is 1. The summed E-state index contributed by atoms with van der Waals surface area (Å²) < 4.78 is 62.0. The number of carboxylic acid groups (broad SMARTS) is 1. The molecule has 57 heavy (non-hydrogen) atoms. The number of nitrogen functional groups attached to an aromatic ring is 1. The lowest BCUT2D eigenvalue weighted by atomic mass is 9.87. The van der Waals surface area contributed by atoms with Gasteiger partial charge in [0.15, 0.2) is 22.8 Å². The fourth-order valence-corrected chi connectivity index (χ4v) is 8.19. The number of fused-ring (bicyclic) bond motifs is 1. The third kappa shape index (κ3) is 15.5. The van der Waals surface area contributed by atoms with Gasteiger partial charge in [0.05, 0.1) is 26.0 Å². The third-order valence-electron chi connectivity index (χ3n) is 7.51. The summed E-state index contributed by atoms with van der Waals surface area (Å²) in [6.07, 6.45) is -4.48. The number of aromatic nitrogens is 4. The van der Waals surface area contributed by atoms with Crippen molar-refractivity contribution in [2.75, 3.05) is 37.8 Å². The molecular formula is C27H42N7O19P3S. The zero-order chi connectivity index (χ0) is 42.8. The monoisotopic (exact) mass is 893 g/mol. The molecule has 0 saturated carbocycles. The number of aliphatic hydroxyl groups is 2.